The summed E-state index contributed by atoms with van der Waals surface area (Å²) in [6.07, 6.45) is 1.53. The molecule has 0 radical (unpaired) electrons. The van der Waals surface area contributed by atoms with E-state index in [0.717, 1.165) is 28.5 Å². The maximum absolute atomic E-state index is 12.8. The molecule has 9 nitrogen and oxygen atoms in total. The number of hydrogen-bond donors (Lipinski definition) is 1. The van der Waals surface area contributed by atoms with Gasteiger partial charge in [0.1, 0.15) is 5.82 Å². The topological polar surface area (TPSA) is 103 Å². The van der Waals surface area contributed by atoms with Gasteiger partial charge in [0.25, 0.3) is 11.9 Å². The molecule has 0 aliphatic heterocycles. The molecule has 4 heterocycles. The predicted molar refractivity (Wildman–Crippen MR) is 112 cm³/mol. The average Bonchev–Trinajstić information content (AvgIpc) is 3.22. The lowest BCUT2D eigenvalue weighted by Gasteiger charge is -2.09. The molecule has 0 bridgehead atoms. The molecule has 0 unspecified atom stereocenters. The second kappa shape index (κ2) is 7.51. The van der Waals surface area contributed by atoms with Gasteiger partial charge in [0.2, 0.25) is 0 Å². The van der Waals surface area contributed by atoms with E-state index in [0.29, 0.717) is 23.1 Å². The smallest absolute Gasteiger partial charge is 0.258 e. The van der Waals surface area contributed by atoms with Crippen LogP contribution in [0.2, 0.25) is 0 Å². The second-order valence-electron chi connectivity index (χ2n) is 7.23. The highest BCUT2D eigenvalue weighted by molar-refractivity contribution is 6.03. The normalized spacial score (nSPS) is 11.0. The van der Waals surface area contributed by atoms with Crippen molar-refractivity contribution in [2.45, 2.75) is 34.6 Å². The van der Waals surface area contributed by atoms with E-state index in [-0.39, 0.29) is 5.91 Å². The molecule has 0 atom stereocenters. The van der Waals surface area contributed by atoms with Crippen LogP contribution >= 0.6 is 0 Å². The number of aryl methyl sites for hydroxylation is 5. The Morgan fingerprint density at radius 1 is 0.833 bits per heavy atom. The van der Waals surface area contributed by atoms with Crippen molar-refractivity contribution in [3.05, 3.63) is 70.6 Å². The SMILES string of the molecule is Cc1cc(C)nc(-n2nc(C)cc2NC(=O)c2ccc(-n3nc(C)cc3C)nc2)n1. The highest BCUT2D eigenvalue weighted by Gasteiger charge is 2.15. The molecule has 0 saturated carbocycles. The van der Waals surface area contributed by atoms with E-state index in [1.807, 2.05) is 46.8 Å². The second-order valence-corrected chi connectivity index (χ2v) is 7.23. The van der Waals surface area contributed by atoms with Crippen molar-refractivity contribution in [3.63, 3.8) is 0 Å². The average molecular weight is 402 g/mol. The van der Waals surface area contributed by atoms with Gasteiger partial charge < -0.3 is 5.32 Å². The molecule has 152 valence electrons. The molecule has 0 fully saturated rings. The van der Waals surface area contributed by atoms with Crippen LogP contribution in [0.4, 0.5) is 5.82 Å². The first-order valence-electron chi connectivity index (χ1n) is 9.50. The van der Waals surface area contributed by atoms with Crippen molar-refractivity contribution in [3.8, 4) is 11.8 Å². The van der Waals surface area contributed by atoms with Crippen molar-refractivity contribution in [1.82, 2.24) is 34.5 Å². The predicted octanol–water partition coefficient (Wildman–Crippen LogP) is 3.04. The molecule has 1 amide bonds. The number of pyridine rings is 1. The summed E-state index contributed by atoms with van der Waals surface area (Å²) in [6, 6.07) is 9.12. The van der Waals surface area contributed by atoms with Crippen molar-refractivity contribution in [2.75, 3.05) is 5.32 Å². The molecular formula is C21H22N8O. The molecule has 30 heavy (non-hydrogen) atoms. The summed E-state index contributed by atoms with van der Waals surface area (Å²) in [5.41, 5.74) is 4.70. The molecule has 4 rings (SSSR count). The van der Waals surface area contributed by atoms with Gasteiger partial charge >= 0.3 is 0 Å². The van der Waals surface area contributed by atoms with Crippen LogP contribution in [0, 0.1) is 34.6 Å². The minimum Gasteiger partial charge on any atom is -0.306 e. The Hall–Kier alpha value is -3.88. The zero-order valence-corrected chi connectivity index (χ0v) is 17.5. The summed E-state index contributed by atoms with van der Waals surface area (Å²) >= 11 is 0. The molecule has 4 aromatic heterocycles. The molecule has 1 N–H and O–H groups in total. The molecular weight excluding hydrogens is 380 g/mol. The zero-order valence-electron chi connectivity index (χ0n) is 17.5. The number of nitrogens with one attached hydrogen (secondary N) is 1. The molecule has 4 aromatic rings. The van der Waals surface area contributed by atoms with E-state index in [2.05, 4.69) is 30.5 Å². The van der Waals surface area contributed by atoms with Gasteiger partial charge in [-0.3, -0.25) is 4.79 Å². The summed E-state index contributed by atoms with van der Waals surface area (Å²) in [6.45, 7) is 9.52. The first-order chi connectivity index (χ1) is 14.3. The van der Waals surface area contributed by atoms with Gasteiger partial charge in [0, 0.05) is 29.3 Å². The number of amides is 1. The van der Waals surface area contributed by atoms with Crippen LogP contribution in [0.5, 0.6) is 0 Å². The van der Waals surface area contributed by atoms with Gasteiger partial charge in [-0.05, 0) is 58.9 Å². The zero-order chi connectivity index (χ0) is 21.4. The largest absolute Gasteiger partial charge is 0.306 e. The monoisotopic (exact) mass is 402 g/mol. The molecule has 0 saturated heterocycles. The Morgan fingerprint density at radius 3 is 2.10 bits per heavy atom. The minimum atomic E-state index is -0.298. The Kier molecular flexibility index (Phi) is 4.86. The lowest BCUT2D eigenvalue weighted by molar-refractivity contribution is 0.102. The highest BCUT2D eigenvalue weighted by Crippen LogP contribution is 2.17. The minimum absolute atomic E-state index is 0.298. The summed E-state index contributed by atoms with van der Waals surface area (Å²) < 4.78 is 3.28. The van der Waals surface area contributed by atoms with Gasteiger partial charge in [-0.15, -0.1) is 0 Å². The fourth-order valence-electron chi connectivity index (χ4n) is 3.24. The van der Waals surface area contributed by atoms with E-state index in [1.165, 1.54) is 10.9 Å². The highest BCUT2D eigenvalue weighted by atomic mass is 16.1. The van der Waals surface area contributed by atoms with Crippen LogP contribution in [0.1, 0.15) is 38.8 Å². The lowest BCUT2D eigenvalue weighted by Crippen LogP contribution is -2.17. The van der Waals surface area contributed by atoms with Crippen LogP contribution < -0.4 is 5.32 Å². The fourth-order valence-corrected chi connectivity index (χ4v) is 3.24. The number of hydrogen-bond acceptors (Lipinski definition) is 6. The number of rotatable bonds is 4. The van der Waals surface area contributed by atoms with Crippen LogP contribution in [0.15, 0.2) is 36.5 Å². The van der Waals surface area contributed by atoms with Crippen LogP contribution in [0.25, 0.3) is 11.8 Å². The van der Waals surface area contributed by atoms with E-state index >= 15 is 0 Å². The number of carbonyl (C=O) groups is 1. The van der Waals surface area contributed by atoms with Crippen LogP contribution in [0.3, 0.4) is 0 Å². The van der Waals surface area contributed by atoms with Gasteiger partial charge in [-0.2, -0.15) is 14.9 Å². The summed E-state index contributed by atoms with van der Waals surface area (Å²) in [5.74, 6) is 1.26. The summed E-state index contributed by atoms with van der Waals surface area (Å²) in [5, 5.41) is 11.7. The van der Waals surface area contributed by atoms with Crippen molar-refractivity contribution in [2.24, 2.45) is 0 Å². The van der Waals surface area contributed by atoms with Gasteiger partial charge in [0.05, 0.1) is 17.0 Å². The van der Waals surface area contributed by atoms with E-state index in [1.54, 1.807) is 22.9 Å². The Labute approximate surface area is 173 Å². The third-order valence-electron chi connectivity index (χ3n) is 4.47. The van der Waals surface area contributed by atoms with E-state index in [9.17, 15) is 4.79 Å². The molecule has 0 spiro atoms. The maximum Gasteiger partial charge on any atom is 0.258 e. The van der Waals surface area contributed by atoms with Crippen LogP contribution in [-0.2, 0) is 0 Å². The van der Waals surface area contributed by atoms with Crippen molar-refractivity contribution >= 4 is 11.7 Å². The first kappa shape index (κ1) is 19.4. The third-order valence-corrected chi connectivity index (χ3v) is 4.47. The standard InChI is InChI=1S/C21H22N8O/c1-12-8-13(2)24-21(23-12)29-19(10-15(4)27-29)25-20(30)17-6-7-18(22-11-17)28-16(5)9-14(3)26-28/h6-11H,1-5H3,(H,25,30). The van der Waals surface area contributed by atoms with E-state index in [4.69, 9.17) is 0 Å². The molecule has 0 aliphatic carbocycles. The number of aromatic nitrogens is 7. The lowest BCUT2D eigenvalue weighted by atomic mass is 10.2. The molecule has 9 heteroatoms. The fraction of sp³-hybridized carbons (Fsp3) is 0.238. The number of nitrogens with zero attached hydrogens (tertiary/aromatic N) is 7. The Balaban J connectivity index is 1.59. The molecule has 0 aliphatic rings. The summed E-state index contributed by atoms with van der Waals surface area (Å²) in [7, 11) is 0. The summed E-state index contributed by atoms with van der Waals surface area (Å²) in [4.78, 5) is 26.1. The quantitative estimate of drug-likeness (QED) is 0.563. The Bertz CT molecular complexity index is 1220. The third kappa shape index (κ3) is 3.82. The van der Waals surface area contributed by atoms with Gasteiger partial charge in [-0.1, -0.05) is 0 Å². The maximum atomic E-state index is 12.8. The van der Waals surface area contributed by atoms with Crippen LogP contribution in [-0.4, -0.2) is 40.4 Å². The molecule has 0 aromatic carbocycles. The van der Waals surface area contributed by atoms with Crippen molar-refractivity contribution in [1.29, 1.82) is 0 Å². The first-order valence-corrected chi connectivity index (χ1v) is 9.50. The van der Waals surface area contributed by atoms with Gasteiger partial charge in [-0.25, -0.2) is 19.6 Å². The number of anilines is 1. The van der Waals surface area contributed by atoms with E-state index < -0.39 is 0 Å². The number of carbonyl (C=O) groups excluding carboxylic acids is 1. The van der Waals surface area contributed by atoms with Crippen molar-refractivity contribution < 1.29 is 4.79 Å². The van der Waals surface area contributed by atoms with Gasteiger partial charge in [0.15, 0.2) is 5.82 Å². The Morgan fingerprint density at radius 2 is 1.50 bits per heavy atom.